The Balaban J connectivity index is 1.65. The summed E-state index contributed by atoms with van der Waals surface area (Å²) >= 11 is 2.64. The second-order valence-electron chi connectivity index (χ2n) is 4.94. The minimum absolute atomic E-state index is 0.0247. The van der Waals surface area contributed by atoms with Crippen molar-refractivity contribution in [3.63, 3.8) is 0 Å². The maximum Gasteiger partial charge on any atom is 0.233 e. The molecule has 0 saturated carbocycles. The van der Waals surface area contributed by atoms with Gasteiger partial charge in [0.05, 0.1) is 11.3 Å². The molecule has 1 amide bonds. The number of hydrogen-bond acceptors (Lipinski definition) is 7. The first-order valence-electron chi connectivity index (χ1n) is 6.92. The average molecular weight is 345 g/mol. The monoisotopic (exact) mass is 345 g/mol. The van der Waals surface area contributed by atoms with Gasteiger partial charge in [0.2, 0.25) is 11.0 Å². The fourth-order valence-electron chi connectivity index (χ4n) is 2.15. The van der Waals surface area contributed by atoms with Crippen molar-refractivity contribution in [1.29, 1.82) is 0 Å². The molecule has 0 radical (unpaired) electrons. The second kappa shape index (κ2) is 6.93. The molecule has 6 nitrogen and oxygen atoms in total. The fourth-order valence-corrected chi connectivity index (χ4v) is 3.73. The van der Waals surface area contributed by atoms with E-state index in [4.69, 9.17) is 5.73 Å². The van der Waals surface area contributed by atoms with Crippen molar-refractivity contribution in [2.24, 2.45) is 0 Å². The van der Waals surface area contributed by atoms with Gasteiger partial charge in [-0.05, 0) is 11.6 Å². The number of fused-ring (bicyclic) bond motifs is 1. The number of aromatic nitrogens is 3. The fraction of sp³-hybridized carbons (Fsp3) is 0.200. The molecule has 8 heteroatoms. The van der Waals surface area contributed by atoms with Gasteiger partial charge in [-0.15, -0.1) is 10.2 Å². The Morgan fingerprint density at radius 2 is 2.13 bits per heavy atom. The van der Waals surface area contributed by atoms with Gasteiger partial charge in [0.1, 0.15) is 0 Å². The van der Waals surface area contributed by atoms with Gasteiger partial charge in [-0.25, -0.2) is 0 Å². The van der Waals surface area contributed by atoms with E-state index in [9.17, 15) is 4.79 Å². The number of benzene rings is 1. The molecule has 2 N–H and O–H groups in total. The Kier molecular flexibility index (Phi) is 4.73. The molecule has 1 aromatic carbocycles. The molecule has 0 unspecified atom stereocenters. The van der Waals surface area contributed by atoms with Crippen LogP contribution in [0.25, 0.3) is 10.9 Å². The molecule has 0 aliphatic carbocycles. The molecule has 2 heterocycles. The van der Waals surface area contributed by atoms with Crippen LogP contribution in [-0.2, 0) is 11.3 Å². The number of nitrogens with two attached hydrogens (primary N) is 1. The van der Waals surface area contributed by atoms with Gasteiger partial charge in [-0.2, -0.15) is 0 Å². The van der Waals surface area contributed by atoms with Crippen molar-refractivity contribution in [2.75, 3.05) is 18.5 Å². The highest BCUT2D eigenvalue weighted by Crippen LogP contribution is 2.24. The Hall–Kier alpha value is -2.19. The predicted molar refractivity (Wildman–Crippen MR) is 93.3 cm³/mol. The van der Waals surface area contributed by atoms with Crippen LogP contribution in [-0.4, -0.2) is 38.8 Å². The molecule has 2 aromatic heterocycles. The van der Waals surface area contributed by atoms with Crippen LogP contribution in [0.5, 0.6) is 0 Å². The Labute approximate surface area is 141 Å². The molecule has 0 aliphatic rings. The molecule has 0 bridgehead atoms. The van der Waals surface area contributed by atoms with Gasteiger partial charge >= 0.3 is 0 Å². The molecular weight excluding hydrogens is 330 g/mol. The molecule has 3 rings (SSSR count). The van der Waals surface area contributed by atoms with Crippen LogP contribution in [0, 0.1) is 0 Å². The smallest absolute Gasteiger partial charge is 0.233 e. The number of nitrogens with zero attached hydrogens (tertiary/aromatic N) is 4. The first-order valence-corrected chi connectivity index (χ1v) is 8.72. The highest BCUT2D eigenvalue weighted by Gasteiger charge is 2.13. The van der Waals surface area contributed by atoms with Gasteiger partial charge in [-0.3, -0.25) is 9.78 Å². The van der Waals surface area contributed by atoms with E-state index in [-0.39, 0.29) is 5.91 Å². The first-order chi connectivity index (χ1) is 11.1. The summed E-state index contributed by atoms with van der Waals surface area (Å²) in [6.07, 6.45) is 1.77. The average Bonchev–Trinajstić information content (AvgIpc) is 2.98. The summed E-state index contributed by atoms with van der Waals surface area (Å²) in [5, 5.41) is 9.12. The highest BCUT2D eigenvalue weighted by atomic mass is 32.2. The number of carbonyl (C=O) groups is 1. The van der Waals surface area contributed by atoms with Gasteiger partial charge in [0, 0.05) is 25.2 Å². The lowest BCUT2D eigenvalue weighted by Gasteiger charge is -2.17. The largest absolute Gasteiger partial charge is 0.374 e. The van der Waals surface area contributed by atoms with Crippen molar-refractivity contribution >= 4 is 45.0 Å². The molecule has 23 heavy (non-hydrogen) atoms. The molecule has 0 spiro atoms. The van der Waals surface area contributed by atoms with Gasteiger partial charge in [0.15, 0.2) is 4.34 Å². The summed E-state index contributed by atoms with van der Waals surface area (Å²) in [6, 6.07) is 9.92. The quantitative estimate of drug-likeness (QED) is 0.715. The third kappa shape index (κ3) is 3.77. The molecule has 3 aromatic rings. The van der Waals surface area contributed by atoms with Gasteiger partial charge < -0.3 is 10.6 Å². The van der Waals surface area contributed by atoms with E-state index < -0.39 is 0 Å². The topological polar surface area (TPSA) is 85.0 Å². The normalized spacial score (nSPS) is 10.8. The number of amides is 1. The molecule has 0 fully saturated rings. The number of nitrogen functional groups attached to an aromatic ring is 1. The summed E-state index contributed by atoms with van der Waals surface area (Å²) in [5.74, 6) is 0.334. The van der Waals surface area contributed by atoms with Crippen molar-refractivity contribution in [2.45, 2.75) is 10.9 Å². The highest BCUT2D eigenvalue weighted by molar-refractivity contribution is 8.01. The summed E-state index contributed by atoms with van der Waals surface area (Å²) < 4.78 is 0.705. The lowest BCUT2D eigenvalue weighted by molar-refractivity contribution is -0.127. The van der Waals surface area contributed by atoms with E-state index >= 15 is 0 Å². The van der Waals surface area contributed by atoms with Crippen LogP contribution >= 0.6 is 23.1 Å². The van der Waals surface area contributed by atoms with Crippen LogP contribution in [0.2, 0.25) is 0 Å². The van der Waals surface area contributed by atoms with Crippen LogP contribution in [0.3, 0.4) is 0 Å². The van der Waals surface area contributed by atoms with Crippen LogP contribution < -0.4 is 5.73 Å². The Bertz CT molecular complexity index is 830. The number of carbonyl (C=O) groups excluding carboxylic acids is 1. The van der Waals surface area contributed by atoms with E-state index in [2.05, 4.69) is 15.2 Å². The number of para-hydroxylation sites is 1. The maximum absolute atomic E-state index is 12.3. The summed E-state index contributed by atoms with van der Waals surface area (Å²) in [4.78, 5) is 18.4. The molecule has 0 atom stereocenters. The van der Waals surface area contributed by atoms with Crippen molar-refractivity contribution in [3.8, 4) is 0 Å². The first kappa shape index (κ1) is 15.7. The van der Waals surface area contributed by atoms with Crippen molar-refractivity contribution in [1.82, 2.24) is 20.1 Å². The van der Waals surface area contributed by atoms with Crippen LogP contribution in [0.4, 0.5) is 5.13 Å². The van der Waals surface area contributed by atoms with E-state index in [1.807, 2.05) is 30.3 Å². The third-order valence-electron chi connectivity index (χ3n) is 3.29. The minimum atomic E-state index is 0.0247. The third-order valence-corrected chi connectivity index (χ3v) is 5.16. The van der Waals surface area contributed by atoms with E-state index in [1.54, 1.807) is 18.1 Å². The standard InChI is InChI=1S/C15H15N5OS2/c1-20(12(21)9-22-15-19-18-14(16)23-15)8-11-5-2-4-10-6-3-7-17-13(10)11/h2-7H,8-9H2,1H3,(H2,16,18). The van der Waals surface area contributed by atoms with Crippen LogP contribution in [0.15, 0.2) is 40.9 Å². The van der Waals surface area contributed by atoms with Gasteiger partial charge in [-0.1, -0.05) is 47.4 Å². The Morgan fingerprint density at radius 1 is 1.30 bits per heavy atom. The van der Waals surface area contributed by atoms with Crippen molar-refractivity contribution < 1.29 is 4.79 Å². The van der Waals surface area contributed by atoms with E-state index in [0.717, 1.165) is 16.5 Å². The maximum atomic E-state index is 12.3. The van der Waals surface area contributed by atoms with E-state index in [1.165, 1.54) is 23.1 Å². The summed E-state index contributed by atoms with van der Waals surface area (Å²) in [7, 11) is 1.79. The lowest BCUT2D eigenvalue weighted by atomic mass is 10.1. The zero-order chi connectivity index (χ0) is 16.2. The number of rotatable bonds is 5. The number of pyridine rings is 1. The summed E-state index contributed by atoms with van der Waals surface area (Å²) in [5.41, 5.74) is 7.49. The van der Waals surface area contributed by atoms with E-state index in [0.29, 0.717) is 21.8 Å². The van der Waals surface area contributed by atoms with Crippen LogP contribution in [0.1, 0.15) is 5.56 Å². The van der Waals surface area contributed by atoms with Gasteiger partial charge in [0.25, 0.3) is 0 Å². The SMILES string of the molecule is CN(Cc1cccc2cccnc12)C(=O)CSc1nnc(N)s1. The molecule has 0 aliphatic heterocycles. The summed E-state index contributed by atoms with van der Waals surface area (Å²) in [6.45, 7) is 0.520. The lowest BCUT2D eigenvalue weighted by Crippen LogP contribution is -2.27. The molecule has 118 valence electrons. The van der Waals surface area contributed by atoms with Crippen molar-refractivity contribution in [3.05, 3.63) is 42.1 Å². The Morgan fingerprint density at radius 3 is 2.91 bits per heavy atom. The number of thioether (sulfide) groups is 1. The zero-order valence-electron chi connectivity index (χ0n) is 12.5. The number of anilines is 1. The predicted octanol–water partition coefficient (Wildman–Crippen LogP) is 2.42. The molecule has 0 saturated heterocycles. The molecular formula is C15H15N5OS2. The zero-order valence-corrected chi connectivity index (χ0v) is 14.1. The minimum Gasteiger partial charge on any atom is -0.374 e. The second-order valence-corrected chi connectivity index (χ2v) is 7.17. The number of hydrogen-bond donors (Lipinski definition) is 1.